The van der Waals surface area contributed by atoms with E-state index in [1.54, 1.807) is 18.4 Å². The third kappa shape index (κ3) is 5.93. The first kappa shape index (κ1) is 15.6. The third-order valence-electron chi connectivity index (χ3n) is 2.46. The molecule has 2 atom stereocenters. The van der Waals surface area contributed by atoms with E-state index >= 15 is 0 Å². The van der Waals surface area contributed by atoms with E-state index in [1.165, 1.54) is 4.88 Å². The van der Waals surface area contributed by atoms with Crippen LogP contribution >= 0.6 is 11.3 Å². The van der Waals surface area contributed by atoms with Crippen molar-refractivity contribution in [3.63, 3.8) is 0 Å². The molecule has 1 aromatic heterocycles. The molecule has 5 heteroatoms. The molecule has 0 saturated heterocycles. The maximum absolute atomic E-state index is 5.93. The average molecular weight is 273 g/mol. The van der Waals surface area contributed by atoms with Gasteiger partial charge in [-0.3, -0.25) is 0 Å². The number of thiophene rings is 1. The standard InChI is InChI=1S/C13H23NO3S/c1-11(14)13(12-5-3-10-18-12)17-9-8-16-7-4-6-15-2/h3,5,10-11,13H,4,6-9,14H2,1-2H3. The Morgan fingerprint density at radius 2 is 2.11 bits per heavy atom. The van der Waals surface area contributed by atoms with Gasteiger partial charge in [-0.05, 0) is 24.8 Å². The van der Waals surface area contributed by atoms with Gasteiger partial charge in [0.1, 0.15) is 6.10 Å². The van der Waals surface area contributed by atoms with Crippen molar-refractivity contribution in [3.05, 3.63) is 22.4 Å². The van der Waals surface area contributed by atoms with Crippen molar-refractivity contribution in [1.82, 2.24) is 0 Å². The van der Waals surface area contributed by atoms with E-state index in [0.717, 1.165) is 13.0 Å². The van der Waals surface area contributed by atoms with E-state index in [9.17, 15) is 0 Å². The van der Waals surface area contributed by atoms with Gasteiger partial charge in [-0.1, -0.05) is 6.07 Å². The molecule has 1 heterocycles. The fraction of sp³-hybridized carbons (Fsp3) is 0.692. The molecule has 0 aromatic carbocycles. The molecular formula is C13H23NO3S. The molecule has 0 radical (unpaired) electrons. The van der Waals surface area contributed by atoms with E-state index in [0.29, 0.717) is 19.8 Å². The first-order valence-corrected chi connectivity index (χ1v) is 7.11. The summed E-state index contributed by atoms with van der Waals surface area (Å²) in [6.07, 6.45) is 0.880. The Bertz CT molecular complexity index is 290. The van der Waals surface area contributed by atoms with Crippen molar-refractivity contribution in [1.29, 1.82) is 0 Å². The minimum atomic E-state index is -0.0347. The smallest absolute Gasteiger partial charge is 0.106 e. The summed E-state index contributed by atoms with van der Waals surface area (Å²) in [7, 11) is 1.69. The van der Waals surface area contributed by atoms with E-state index < -0.39 is 0 Å². The molecule has 2 N–H and O–H groups in total. The maximum atomic E-state index is 5.93. The second kappa shape index (κ2) is 9.47. The van der Waals surface area contributed by atoms with E-state index in [-0.39, 0.29) is 12.1 Å². The van der Waals surface area contributed by atoms with Gasteiger partial charge >= 0.3 is 0 Å². The minimum Gasteiger partial charge on any atom is -0.385 e. The molecule has 0 spiro atoms. The SMILES string of the molecule is COCCCOCCOC(c1cccs1)C(C)N. The van der Waals surface area contributed by atoms with E-state index in [4.69, 9.17) is 19.9 Å². The highest BCUT2D eigenvalue weighted by atomic mass is 32.1. The number of methoxy groups -OCH3 is 1. The highest BCUT2D eigenvalue weighted by Gasteiger charge is 2.17. The first-order chi connectivity index (χ1) is 8.75. The lowest BCUT2D eigenvalue weighted by atomic mass is 10.1. The van der Waals surface area contributed by atoms with Gasteiger partial charge in [-0.15, -0.1) is 11.3 Å². The number of nitrogens with two attached hydrogens (primary N) is 1. The fourth-order valence-corrected chi connectivity index (χ4v) is 2.48. The van der Waals surface area contributed by atoms with Crippen LogP contribution in [0, 0.1) is 0 Å². The van der Waals surface area contributed by atoms with Crippen molar-refractivity contribution < 1.29 is 14.2 Å². The van der Waals surface area contributed by atoms with Gasteiger partial charge in [0.15, 0.2) is 0 Å². The first-order valence-electron chi connectivity index (χ1n) is 6.23. The van der Waals surface area contributed by atoms with Crippen molar-refractivity contribution in [2.45, 2.75) is 25.5 Å². The normalized spacial score (nSPS) is 14.6. The van der Waals surface area contributed by atoms with Crippen LogP contribution in [0.15, 0.2) is 17.5 Å². The molecular weight excluding hydrogens is 250 g/mol. The van der Waals surface area contributed by atoms with Crippen LogP contribution < -0.4 is 5.73 Å². The molecule has 0 amide bonds. The van der Waals surface area contributed by atoms with Gasteiger partial charge in [0, 0.05) is 31.2 Å². The molecule has 18 heavy (non-hydrogen) atoms. The monoisotopic (exact) mass is 273 g/mol. The van der Waals surface area contributed by atoms with Crippen molar-refractivity contribution in [2.24, 2.45) is 5.73 Å². The van der Waals surface area contributed by atoms with Crippen LogP contribution in [0.2, 0.25) is 0 Å². The maximum Gasteiger partial charge on any atom is 0.106 e. The molecule has 4 nitrogen and oxygen atoms in total. The number of ether oxygens (including phenoxy) is 3. The summed E-state index contributed by atoms with van der Waals surface area (Å²) >= 11 is 1.67. The Morgan fingerprint density at radius 1 is 1.28 bits per heavy atom. The molecule has 0 aliphatic heterocycles. The topological polar surface area (TPSA) is 53.7 Å². The molecule has 0 bridgehead atoms. The van der Waals surface area contributed by atoms with Gasteiger partial charge in [-0.2, -0.15) is 0 Å². The Kier molecular flexibility index (Phi) is 8.20. The lowest BCUT2D eigenvalue weighted by Crippen LogP contribution is -2.27. The molecule has 0 aliphatic carbocycles. The van der Waals surface area contributed by atoms with Crippen molar-refractivity contribution >= 4 is 11.3 Å². The zero-order valence-corrected chi connectivity index (χ0v) is 11.9. The lowest BCUT2D eigenvalue weighted by Gasteiger charge is -2.20. The third-order valence-corrected chi connectivity index (χ3v) is 3.40. The molecule has 1 rings (SSSR count). The number of hydrogen-bond acceptors (Lipinski definition) is 5. The predicted octanol–water partition coefficient (Wildman–Crippen LogP) is 2.21. The van der Waals surface area contributed by atoms with Gasteiger partial charge in [0.25, 0.3) is 0 Å². The summed E-state index contributed by atoms with van der Waals surface area (Å²) in [5.74, 6) is 0. The highest BCUT2D eigenvalue weighted by Crippen LogP contribution is 2.24. The summed E-state index contributed by atoms with van der Waals surface area (Å²) in [6, 6.07) is 4.05. The summed E-state index contributed by atoms with van der Waals surface area (Å²) in [4.78, 5) is 1.17. The number of rotatable bonds is 10. The largest absolute Gasteiger partial charge is 0.385 e. The molecule has 2 unspecified atom stereocenters. The van der Waals surface area contributed by atoms with Crippen LogP contribution in [0.3, 0.4) is 0 Å². The second-order valence-corrected chi connectivity index (χ2v) is 5.10. The van der Waals surface area contributed by atoms with E-state index in [1.807, 2.05) is 18.4 Å². The average Bonchev–Trinajstić information content (AvgIpc) is 2.85. The molecule has 1 aromatic rings. The van der Waals surface area contributed by atoms with Crippen LogP contribution in [-0.2, 0) is 14.2 Å². The predicted molar refractivity (Wildman–Crippen MR) is 74.0 cm³/mol. The Labute approximate surface area is 113 Å². The summed E-state index contributed by atoms with van der Waals surface area (Å²) in [6.45, 7) is 4.57. The quantitative estimate of drug-likeness (QED) is 0.664. The number of hydrogen-bond donors (Lipinski definition) is 1. The summed E-state index contributed by atoms with van der Waals surface area (Å²) in [5, 5.41) is 2.04. The van der Waals surface area contributed by atoms with E-state index in [2.05, 4.69) is 6.07 Å². The zero-order chi connectivity index (χ0) is 13.2. The van der Waals surface area contributed by atoms with Gasteiger partial charge in [0.2, 0.25) is 0 Å². The molecule has 0 aliphatic rings. The summed E-state index contributed by atoms with van der Waals surface area (Å²) in [5.41, 5.74) is 5.93. The molecule has 0 saturated carbocycles. The lowest BCUT2D eigenvalue weighted by molar-refractivity contribution is -0.00617. The van der Waals surface area contributed by atoms with Crippen molar-refractivity contribution in [2.75, 3.05) is 33.5 Å². The fourth-order valence-electron chi connectivity index (χ4n) is 1.59. The minimum absolute atomic E-state index is 0.0165. The van der Waals surface area contributed by atoms with Crippen LogP contribution in [0.1, 0.15) is 24.3 Å². The van der Waals surface area contributed by atoms with Gasteiger partial charge in [-0.25, -0.2) is 0 Å². The second-order valence-electron chi connectivity index (χ2n) is 4.12. The molecule has 104 valence electrons. The molecule has 0 fully saturated rings. The Hall–Kier alpha value is -0.460. The van der Waals surface area contributed by atoms with Gasteiger partial charge < -0.3 is 19.9 Å². The van der Waals surface area contributed by atoms with Crippen LogP contribution in [0.25, 0.3) is 0 Å². The van der Waals surface area contributed by atoms with Crippen LogP contribution in [0.5, 0.6) is 0 Å². The Morgan fingerprint density at radius 3 is 2.72 bits per heavy atom. The Balaban J connectivity index is 2.15. The van der Waals surface area contributed by atoms with Crippen LogP contribution in [0.4, 0.5) is 0 Å². The van der Waals surface area contributed by atoms with Crippen molar-refractivity contribution in [3.8, 4) is 0 Å². The van der Waals surface area contributed by atoms with Gasteiger partial charge in [0.05, 0.1) is 13.2 Å². The highest BCUT2D eigenvalue weighted by molar-refractivity contribution is 7.10. The van der Waals surface area contributed by atoms with Crippen LogP contribution in [-0.4, -0.2) is 39.6 Å². The zero-order valence-electron chi connectivity index (χ0n) is 11.1. The summed E-state index contributed by atoms with van der Waals surface area (Å²) < 4.78 is 16.2.